The van der Waals surface area contributed by atoms with E-state index in [1.165, 1.54) is 23.5 Å². The van der Waals surface area contributed by atoms with Crippen molar-refractivity contribution < 1.29 is 17.6 Å². The molecule has 0 saturated carbocycles. The number of hydrogen-bond acceptors (Lipinski definition) is 8. The molecule has 0 aliphatic heterocycles. The number of carbonyl (C=O) groups excluding carboxylic acids is 1. The van der Waals surface area contributed by atoms with Gasteiger partial charge < -0.3 is 9.73 Å². The number of oxazole rings is 1. The van der Waals surface area contributed by atoms with E-state index >= 15 is 0 Å². The maximum atomic E-state index is 12.5. The minimum absolute atomic E-state index is 0.00953. The lowest BCUT2D eigenvalue weighted by Gasteiger charge is -2.03. The predicted molar refractivity (Wildman–Crippen MR) is 144 cm³/mol. The number of carbonyl (C=O) groups is 1. The number of rotatable bonds is 8. The van der Waals surface area contributed by atoms with Crippen molar-refractivity contribution in [3.8, 4) is 22.4 Å². The summed E-state index contributed by atoms with van der Waals surface area (Å²) >= 11 is 2.49. The first kappa shape index (κ1) is 24.2. The molecule has 1 N–H and O–H groups in total. The summed E-state index contributed by atoms with van der Waals surface area (Å²) in [6.07, 6.45) is 0. The van der Waals surface area contributed by atoms with Crippen LogP contribution in [0, 0.1) is 0 Å². The summed E-state index contributed by atoms with van der Waals surface area (Å²) in [5.41, 5.74) is 4.95. The second-order valence-corrected chi connectivity index (χ2v) is 11.9. The quantitative estimate of drug-likeness (QED) is 0.238. The monoisotopic (exact) mass is 535 g/mol. The molecule has 1 amide bonds. The maximum Gasteiger partial charge on any atom is 0.257 e. The molecular weight excluding hydrogens is 515 g/mol. The van der Waals surface area contributed by atoms with E-state index < -0.39 is 9.84 Å². The van der Waals surface area contributed by atoms with Gasteiger partial charge in [-0.25, -0.2) is 18.4 Å². The van der Waals surface area contributed by atoms with Crippen LogP contribution in [0.3, 0.4) is 0 Å². The number of benzene rings is 3. The highest BCUT2D eigenvalue weighted by Gasteiger charge is 2.16. The van der Waals surface area contributed by atoms with Crippen molar-refractivity contribution >= 4 is 55.1 Å². The first-order valence-electron chi connectivity index (χ1n) is 11.1. The molecule has 0 aliphatic carbocycles. The summed E-state index contributed by atoms with van der Waals surface area (Å²) in [4.78, 5) is 21.5. The fraction of sp³-hybridized carbons (Fsp3) is 0.115. The molecule has 2 aromatic heterocycles. The molecule has 0 spiro atoms. The van der Waals surface area contributed by atoms with E-state index in [9.17, 15) is 13.2 Å². The first-order valence-corrected chi connectivity index (χ1v) is 14.6. The topological polar surface area (TPSA) is 102 Å². The van der Waals surface area contributed by atoms with Crippen LogP contribution < -0.4 is 5.32 Å². The van der Waals surface area contributed by atoms with Gasteiger partial charge in [0.15, 0.2) is 20.6 Å². The third kappa shape index (κ3) is 5.35. The molecule has 0 radical (unpaired) electrons. The summed E-state index contributed by atoms with van der Waals surface area (Å²) in [6.45, 7) is 1.59. The molecule has 182 valence electrons. The van der Waals surface area contributed by atoms with Gasteiger partial charge in [0.1, 0.15) is 5.52 Å². The average Bonchev–Trinajstić information content (AvgIpc) is 3.54. The van der Waals surface area contributed by atoms with Crippen LogP contribution in [0.25, 0.3) is 33.5 Å². The third-order valence-corrected chi connectivity index (χ3v) is 8.76. The molecule has 0 fully saturated rings. The highest BCUT2D eigenvalue weighted by Crippen LogP contribution is 2.29. The fourth-order valence-electron chi connectivity index (χ4n) is 3.52. The van der Waals surface area contributed by atoms with Crippen molar-refractivity contribution in [2.75, 3.05) is 16.8 Å². The minimum atomic E-state index is -3.33. The van der Waals surface area contributed by atoms with Crippen molar-refractivity contribution in [1.82, 2.24) is 9.97 Å². The Morgan fingerprint density at radius 2 is 1.69 bits per heavy atom. The zero-order chi connectivity index (χ0) is 25.1. The Balaban J connectivity index is 1.20. The molecule has 0 bridgehead atoms. The Kier molecular flexibility index (Phi) is 6.90. The highest BCUT2D eigenvalue weighted by molar-refractivity contribution is 7.99. The van der Waals surface area contributed by atoms with Gasteiger partial charge in [0.05, 0.1) is 22.1 Å². The molecule has 0 unspecified atom stereocenters. The van der Waals surface area contributed by atoms with E-state index in [4.69, 9.17) is 4.42 Å². The second kappa shape index (κ2) is 10.3. The van der Waals surface area contributed by atoms with Crippen LogP contribution in [0.1, 0.15) is 6.92 Å². The van der Waals surface area contributed by atoms with Gasteiger partial charge in [-0.1, -0.05) is 73.3 Å². The van der Waals surface area contributed by atoms with Crippen LogP contribution in [0.15, 0.2) is 92.7 Å². The number of aromatic nitrogens is 2. The van der Waals surface area contributed by atoms with Gasteiger partial charge >= 0.3 is 0 Å². The van der Waals surface area contributed by atoms with Crippen LogP contribution in [0.4, 0.5) is 5.13 Å². The molecule has 5 rings (SSSR count). The second-order valence-electron chi connectivity index (χ2n) is 7.83. The molecule has 3 aromatic carbocycles. The molecule has 10 heteroatoms. The predicted octanol–water partition coefficient (Wildman–Crippen LogP) is 6.14. The van der Waals surface area contributed by atoms with Gasteiger partial charge in [0.25, 0.3) is 5.22 Å². The summed E-state index contributed by atoms with van der Waals surface area (Å²) in [7, 11) is -3.33. The lowest BCUT2D eigenvalue weighted by Crippen LogP contribution is -2.13. The number of amides is 1. The van der Waals surface area contributed by atoms with E-state index in [0.717, 1.165) is 34.1 Å². The van der Waals surface area contributed by atoms with Crippen molar-refractivity contribution in [3.63, 3.8) is 0 Å². The van der Waals surface area contributed by atoms with E-state index in [1.54, 1.807) is 13.0 Å². The third-order valence-electron chi connectivity index (χ3n) is 5.44. The lowest BCUT2D eigenvalue weighted by molar-refractivity contribution is -0.113. The molecule has 2 heterocycles. The van der Waals surface area contributed by atoms with Gasteiger partial charge in [-0.3, -0.25) is 4.79 Å². The first-order chi connectivity index (χ1) is 17.4. The van der Waals surface area contributed by atoms with Gasteiger partial charge in [-0.15, -0.1) is 11.3 Å². The molecule has 5 aromatic rings. The molecule has 0 saturated heterocycles. The molecule has 0 atom stereocenters. The maximum absolute atomic E-state index is 12.5. The Hall–Kier alpha value is -3.47. The Labute approximate surface area is 216 Å². The van der Waals surface area contributed by atoms with Crippen molar-refractivity contribution in [1.29, 1.82) is 0 Å². The number of hydrogen-bond donors (Lipinski definition) is 1. The Bertz CT molecular complexity index is 1630. The van der Waals surface area contributed by atoms with E-state index in [-0.39, 0.29) is 22.3 Å². The SMILES string of the molecule is CCS(=O)(=O)c1ccc2oc(SCC(=O)Nc3nc(-c4ccc(-c5ccccc5)cc4)cs3)nc2c1. The molecule has 36 heavy (non-hydrogen) atoms. The van der Waals surface area contributed by atoms with Gasteiger partial charge in [0, 0.05) is 10.9 Å². The zero-order valence-electron chi connectivity index (χ0n) is 19.2. The van der Waals surface area contributed by atoms with Gasteiger partial charge in [0.2, 0.25) is 5.91 Å². The zero-order valence-corrected chi connectivity index (χ0v) is 21.6. The van der Waals surface area contributed by atoms with E-state index in [0.29, 0.717) is 21.5 Å². The van der Waals surface area contributed by atoms with E-state index in [2.05, 4.69) is 39.6 Å². The number of anilines is 1. The van der Waals surface area contributed by atoms with Crippen molar-refractivity contribution in [2.24, 2.45) is 0 Å². The number of thiazole rings is 1. The van der Waals surface area contributed by atoms with Gasteiger partial charge in [-0.2, -0.15) is 0 Å². The molecular formula is C26H21N3O4S3. The number of nitrogens with zero attached hydrogens (tertiary/aromatic N) is 2. The van der Waals surface area contributed by atoms with Gasteiger partial charge in [-0.05, 0) is 29.3 Å². The van der Waals surface area contributed by atoms with Crippen molar-refractivity contribution in [3.05, 3.63) is 78.2 Å². The van der Waals surface area contributed by atoms with Crippen molar-refractivity contribution in [2.45, 2.75) is 17.0 Å². The summed E-state index contributed by atoms with van der Waals surface area (Å²) in [5, 5.41) is 5.52. The molecule has 7 nitrogen and oxygen atoms in total. The van der Waals surface area contributed by atoms with E-state index in [1.807, 2.05) is 35.7 Å². The minimum Gasteiger partial charge on any atom is -0.431 e. The van der Waals surface area contributed by atoms with Crippen LogP contribution in [0.2, 0.25) is 0 Å². The largest absolute Gasteiger partial charge is 0.431 e. The van der Waals surface area contributed by atoms with Crippen LogP contribution in [-0.4, -0.2) is 35.8 Å². The fourth-order valence-corrected chi connectivity index (χ4v) is 5.79. The summed E-state index contributed by atoms with van der Waals surface area (Å²) in [6, 6.07) is 22.9. The Morgan fingerprint density at radius 3 is 2.44 bits per heavy atom. The smallest absolute Gasteiger partial charge is 0.257 e. The van der Waals surface area contributed by atoms with Crippen LogP contribution in [-0.2, 0) is 14.6 Å². The lowest BCUT2D eigenvalue weighted by atomic mass is 10.0. The van der Waals surface area contributed by atoms with Crippen LogP contribution in [0.5, 0.6) is 0 Å². The summed E-state index contributed by atoms with van der Waals surface area (Å²) < 4.78 is 29.8. The number of nitrogens with one attached hydrogen (secondary N) is 1. The number of fused-ring (bicyclic) bond motifs is 1. The number of thioether (sulfide) groups is 1. The molecule has 0 aliphatic rings. The Morgan fingerprint density at radius 1 is 0.972 bits per heavy atom. The summed E-state index contributed by atoms with van der Waals surface area (Å²) in [5.74, 6) is -0.153. The normalized spacial score (nSPS) is 11.6. The number of sulfone groups is 1. The van der Waals surface area contributed by atoms with Crippen LogP contribution >= 0.6 is 23.1 Å². The standard InChI is InChI=1S/C26H21N3O4S3/c1-2-36(31,32)20-12-13-23-21(14-20)28-26(33-23)35-16-24(30)29-25-27-22(15-34-25)19-10-8-18(9-11-19)17-6-4-3-5-7-17/h3-15H,2,16H2,1H3,(H,27,29,30). The highest BCUT2D eigenvalue weighted by atomic mass is 32.2. The average molecular weight is 536 g/mol.